The van der Waals surface area contributed by atoms with Gasteiger partial charge in [0.2, 0.25) is 0 Å². The minimum Gasteiger partial charge on any atom is -0.423 e. The van der Waals surface area contributed by atoms with E-state index in [0.717, 1.165) is 16.5 Å². The van der Waals surface area contributed by atoms with Gasteiger partial charge < -0.3 is 9.73 Å². The Balaban J connectivity index is 1.71. The number of thiophene rings is 1. The standard InChI is InChI=1S/C22H18ClNO2S/c1-14-10-19-17(12-18(14)23)16(11-21(25)26-19)13-24-22(20-8-5-9-27-20)15-6-3-2-4-7-15/h2-12,22,24H,13H2,1H3/p+1/t22-/m1/s1. The van der Waals surface area contributed by atoms with E-state index in [2.05, 4.69) is 47.1 Å². The lowest BCUT2D eigenvalue weighted by molar-refractivity contribution is -0.701. The molecular formula is C22H19ClNO2S+. The molecule has 0 fully saturated rings. The zero-order valence-corrected chi connectivity index (χ0v) is 16.4. The number of halogens is 1. The number of benzene rings is 2. The second-order valence-corrected chi connectivity index (χ2v) is 7.92. The number of fused-ring (bicyclic) bond motifs is 1. The van der Waals surface area contributed by atoms with Crippen molar-refractivity contribution < 1.29 is 9.73 Å². The molecule has 27 heavy (non-hydrogen) atoms. The van der Waals surface area contributed by atoms with Crippen LogP contribution in [0.15, 0.2) is 75.3 Å². The number of nitrogens with two attached hydrogens (primary N) is 1. The van der Waals surface area contributed by atoms with Gasteiger partial charge in [-0.2, -0.15) is 0 Å². The summed E-state index contributed by atoms with van der Waals surface area (Å²) in [6.45, 7) is 2.56. The average molecular weight is 397 g/mol. The lowest BCUT2D eigenvalue weighted by Gasteiger charge is -2.15. The summed E-state index contributed by atoms with van der Waals surface area (Å²) >= 11 is 8.05. The van der Waals surface area contributed by atoms with Crippen molar-refractivity contribution in [1.29, 1.82) is 0 Å². The van der Waals surface area contributed by atoms with Crippen LogP contribution in [0.3, 0.4) is 0 Å². The summed E-state index contributed by atoms with van der Waals surface area (Å²) in [6, 6.07) is 20.1. The van der Waals surface area contributed by atoms with Crippen molar-refractivity contribution in [3.63, 3.8) is 0 Å². The number of aryl methyl sites for hydroxylation is 1. The van der Waals surface area contributed by atoms with Crippen molar-refractivity contribution in [2.45, 2.75) is 19.5 Å². The normalized spacial score (nSPS) is 12.4. The molecule has 1 atom stereocenters. The van der Waals surface area contributed by atoms with E-state index < -0.39 is 0 Å². The highest BCUT2D eigenvalue weighted by molar-refractivity contribution is 7.10. The number of quaternary nitrogens is 1. The lowest BCUT2D eigenvalue weighted by Crippen LogP contribution is -2.83. The largest absolute Gasteiger partial charge is 0.423 e. The zero-order valence-electron chi connectivity index (χ0n) is 14.8. The Bertz CT molecular complexity index is 1120. The van der Waals surface area contributed by atoms with E-state index in [-0.39, 0.29) is 11.7 Å². The maximum Gasteiger partial charge on any atom is 0.336 e. The predicted molar refractivity (Wildman–Crippen MR) is 110 cm³/mol. The Kier molecular flexibility index (Phi) is 5.12. The lowest BCUT2D eigenvalue weighted by atomic mass is 10.0. The van der Waals surface area contributed by atoms with Crippen LogP contribution in [0.4, 0.5) is 0 Å². The topological polar surface area (TPSA) is 46.8 Å². The number of hydrogen-bond donors (Lipinski definition) is 1. The Hall–Kier alpha value is -2.40. The van der Waals surface area contributed by atoms with E-state index in [0.29, 0.717) is 17.2 Å². The molecule has 0 saturated heterocycles. The summed E-state index contributed by atoms with van der Waals surface area (Å²) in [6.07, 6.45) is 0. The van der Waals surface area contributed by atoms with Crippen LogP contribution in [0.25, 0.3) is 11.0 Å². The van der Waals surface area contributed by atoms with Gasteiger partial charge in [-0.15, -0.1) is 11.3 Å². The second-order valence-electron chi connectivity index (χ2n) is 6.53. The van der Waals surface area contributed by atoms with Crippen molar-refractivity contribution in [3.05, 3.63) is 103 Å². The SMILES string of the molecule is Cc1cc2oc(=O)cc(C[NH2+][C@H](c3ccccc3)c3cccs3)c2cc1Cl. The molecule has 0 unspecified atom stereocenters. The fraction of sp³-hybridized carbons (Fsp3) is 0.136. The quantitative estimate of drug-likeness (QED) is 0.498. The van der Waals surface area contributed by atoms with Gasteiger partial charge in [0.05, 0.1) is 4.88 Å². The van der Waals surface area contributed by atoms with Gasteiger partial charge in [-0.25, -0.2) is 4.79 Å². The molecule has 4 aromatic rings. The molecule has 0 radical (unpaired) electrons. The zero-order chi connectivity index (χ0) is 18.8. The van der Waals surface area contributed by atoms with E-state index in [1.54, 1.807) is 17.4 Å². The van der Waals surface area contributed by atoms with Crippen LogP contribution in [0, 0.1) is 6.92 Å². The molecule has 2 heterocycles. The third-order valence-electron chi connectivity index (χ3n) is 4.69. The molecule has 0 spiro atoms. The van der Waals surface area contributed by atoms with Crippen LogP contribution in [-0.4, -0.2) is 0 Å². The monoisotopic (exact) mass is 396 g/mol. The van der Waals surface area contributed by atoms with Crippen molar-refractivity contribution in [1.82, 2.24) is 0 Å². The molecule has 0 saturated carbocycles. The molecule has 0 bridgehead atoms. The molecule has 0 aliphatic rings. The Morgan fingerprint density at radius 3 is 2.67 bits per heavy atom. The summed E-state index contributed by atoms with van der Waals surface area (Å²) in [5.74, 6) is 0. The second kappa shape index (κ2) is 7.69. The fourth-order valence-corrected chi connectivity index (χ4v) is 4.32. The Morgan fingerprint density at radius 2 is 1.93 bits per heavy atom. The molecule has 4 rings (SSSR count). The van der Waals surface area contributed by atoms with Crippen LogP contribution in [0.2, 0.25) is 5.02 Å². The van der Waals surface area contributed by atoms with Gasteiger partial charge in [0, 0.05) is 27.6 Å². The van der Waals surface area contributed by atoms with Gasteiger partial charge in [-0.05, 0) is 36.1 Å². The van der Waals surface area contributed by atoms with Crippen molar-refractivity contribution in [3.8, 4) is 0 Å². The predicted octanol–water partition coefficient (Wildman–Crippen LogP) is 4.67. The third kappa shape index (κ3) is 3.83. The van der Waals surface area contributed by atoms with Crippen LogP contribution >= 0.6 is 22.9 Å². The highest BCUT2D eigenvalue weighted by Gasteiger charge is 2.19. The first-order valence-electron chi connectivity index (χ1n) is 8.76. The summed E-state index contributed by atoms with van der Waals surface area (Å²) in [5.41, 5.74) is 3.32. The maximum absolute atomic E-state index is 12.0. The van der Waals surface area contributed by atoms with E-state index in [1.807, 2.05) is 25.1 Å². The molecule has 0 aliphatic carbocycles. The summed E-state index contributed by atoms with van der Waals surface area (Å²) in [4.78, 5) is 13.3. The van der Waals surface area contributed by atoms with Crippen LogP contribution < -0.4 is 10.9 Å². The highest BCUT2D eigenvalue weighted by atomic mass is 35.5. The molecule has 2 aromatic carbocycles. The Morgan fingerprint density at radius 1 is 1.11 bits per heavy atom. The summed E-state index contributed by atoms with van der Waals surface area (Å²) in [5, 5.41) is 5.91. The first-order chi connectivity index (χ1) is 13.1. The molecule has 2 N–H and O–H groups in total. The van der Waals surface area contributed by atoms with Crippen LogP contribution in [-0.2, 0) is 6.54 Å². The van der Waals surface area contributed by atoms with E-state index in [9.17, 15) is 4.79 Å². The summed E-state index contributed by atoms with van der Waals surface area (Å²) in [7, 11) is 0. The van der Waals surface area contributed by atoms with Crippen LogP contribution in [0.1, 0.15) is 27.6 Å². The first-order valence-corrected chi connectivity index (χ1v) is 10.0. The van der Waals surface area contributed by atoms with Gasteiger partial charge in [-0.3, -0.25) is 0 Å². The molecule has 2 aromatic heterocycles. The van der Waals surface area contributed by atoms with Gasteiger partial charge in [0.15, 0.2) is 0 Å². The van der Waals surface area contributed by atoms with E-state index in [4.69, 9.17) is 16.0 Å². The first kappa shape index (κ1) is 18.0. The molecular weight excluding hydrogens is 378 g/mol. The van der Waals surface area contributed by atoms with E-state index in [1.165, 1.54) is 10.4 Å². The van der Waals surface area contributed by atoms with Gasteiger partial charge in [0.1, 0.15) is 18.2 Å². The molecule has 0 amide bonds. The maximum atomic E-state index is 12.0. The van der Waals surface area contributed by atoms with Gasteiger partial charge in [-0.1, -0.05) is 48.0 Å². The molecule has 5 heteroatoms. The minimum absolute atomic E-state index is 0.175. The van der Waals surface area contributed by atoms with Crippen molar-refractivity contribution in [2.75, 3.05) is 0 Å². The highest BCUT2D eigenvalue weighted by Crippen LogP contribution is 2.26. The molecule has 3 nitrogen and oxygen atoms in total. The average Bonchev–Trinajstić information content (AvgIpc) is 3.19. The van der Waals surface area contributed by atoms with Crippen molar-refractivity contribution in [2.24, 2.45) is 0 Å². The smallest absolute Gasteiger partial charge is 0.336 e. The number of hydrogen-bond acceptors (Lipinski definition) is 3. The van der Waals surface area contributed by atoms with Gasteiger partial charge >= 0.3 is 5.63 Å². The molecule has 136 valence electrons. The Labute approximate surface area is 166 Å². The van der Waals surface area contributed by atoms with Gasteiger partial charge in [0.25, 0.3) is 0 Å². The summed E-state index contributed by atoms with van der Waals surface area (Å²) < 4.78 is 5.38. The van der Waals surface area contributed by atoms with Crippen LogP contribution in [0.5, 0.6) is 0 Å². The fourth-order valence-electron chi connectivity index (χ4n) is 3.31. The molecule has 0 aliphatic heterocycles. The van der Waals surface area contributed by atoms with E-state index >= 15 is 0 Å². The third-order valence-corrected chi connectivity index (χ3v) is 6.05. The minimum atomic E-state index is -0.333. The van der Waals surface area contributed by atoms with Crippen molar-refractivity contribution >= 4 is 33.9 Å². The number of rotatable bonds is 5.